The van der Waals surface area contributed by atoms with Gasteiger partial charge in [0.05, 0.1) is 19.1 Å². The first-order valence-electron chi connectivity index (χ1n) is 8.62. The zero-order valence-corrected chi connectivity index (χ0v) is 16.4. The van der Waals surface area contributed by atoms with Gasteiger partial charge in [-0.3, -0.25) is 24.6 Å². The van der Waals surface area contributed by atoms with E-state index < -0.39 is 41.0 Å². The normalized spacial score (nSPS) is 11.3. The van der Waals surface area contributed by atoms with E-state index in [-0.39, 0.29) is 24.1 Å². The zero-order chi connectivity index (χ0) is 22.1. The summed E-state index contributed by atoms with van der Waals surface area (Å²) in [7, 11) is 2.04. The minimum Gasteiger partial charge on any atom is -0.467 e. The van der Waals surface area contributed by atoms with Crippen molar-refractivity contribution in [2.45, 2.75) is 39.0 Å². The molecular weight excluding hydrogens is 388 g/mol. The molecule has 158 valence electrons. The van der Waals surface area contributed by atoms with Gasteiger partial charge in [0.15, 0.2) is 0 Å². The molecule has 0 bridgehead atoms. The van der Waals surface area contributed by atoms with Gasteiger partial charge in [0.25, 0.3) is 5.69 Å². The first-order chi connectivity index (χ1) is 13.7. The van der Waals surface area contributed by atoms with E-state index in [1.54, 1.807) is 0 Å². The van der Waals surface area contributed by atoms with Crippen LogP contribution in [-0.2, 0) is 33.4 Å². The summed E-state index contributed by atoms with van der Waals surface area (Å²) in [6, 6.07) is 2.95. The summed E-state index contributed by atoms with van der Waals surface area (Å²) >= 11 is 0. The van der Waals surface area contributed by atoms with Crippen LogP contribution < -0.4 is 0 Å². The summed E-state index contributed by atoms with van der Waals surface area (Å²) in [6.07, 6.45) is -1.71. The molecule has 11 heteroatoms. The number of rotatable bonds is 9. The maximum Gasteiger partial charge on any atom is 0.340 e. The van der Waals surface area contributed by atoms with Crippen molar-refractivity contribution >= 4 is 29.5 Å². The third-order valence-corrected chi connectivity index (χ3v) is 3.89. The highest BCUT2D eigenvalue weighted by Gasteiger charge is 2.43. The number of benzene rings is 1. The third-order valence-electron chi connectivity index (χ3n) is 3.89. The topological polar surface area (TPSA) is 142 Å². The Labute approximate surface area is 166 Å². The smallest absolute Gasteiger partial charge is 0.340 e. The fourth-order valence-electron chi connectivity index (χ4n) is 2.39. The number of hydrogen-bond acceptors (Lipinski definition) is 9. The van der Waals surface area contributed by atoms with Gasteiger partial charge >= 0.3 is 17.9 Å². The van der Waals surface area contributed by atoms with Crippen molar-refractivity contribution in [2.24, 2.45) is 0 Å². The highest BCUT2D eigenvalue weighted by molar-refractivity contribution is 6.02. The van der Waals surface area contributed by atoms with Crippen LogP contribution in [0.2, 0.25) is 0 Å². The molecule has 0 aliphatic carbocycles. The lowest BCUT2D eigenvalue weighted by Crippen LogP contribution is -2.53. The molecule has 0 aromatic heterocycles. The second kappa shape index (κ2) is 10.7. The lowest BCUT2D eigenvalue weighted by Gasteiger charge is -2.34. The molecule has 1 atom stereocenters. The van der Waals surface area contributed by atoms with Gasteiger partial charge in [0.1, 0.15) is 0 Å². The molecule has 1 amide bonds. The fourth-order valence-corrected chi connectivity index (χ4v) is 2.39. The van der Waals surface area contributed by atoms with Crippen molar-refractivity contribution in [2.75, 3.05) is 14.2 Å². The molecule has 0 aliphatic rings. The molecule has 0 fully saturated rings. The second-order valence-corrected chi connectivity index (χ2v) is 5.65. The minimum absolute atomic E-state index is 0.0568. The molecule has 1 rings (SSSR count). The number of nitro benzene ring substituents is 1. The maximum absolute atomic E-state index is 12.7. The average molecular weight is 410 g/mol. The van der Waals surface area contributed by atoms with Crippen LogP contribution in [0.5, 0.6) is 0 Å². The van der Waals surface area contributed by atoms with Gasteiger partial charge in [0, 0.05) is 30.5 Å². The van der Waals surface area contributed by atoms with Crippen molar-refractivity contribution in [3.8, 4) is 0 Å². The van der Waals surface area contributed by atoms with Crippen LogP contribution in [0.15, 0.2) is 24.3 Å². The van der Waals surface area contributed by atoms with Crippen LogP contribution in [0, 0.1) is 10.1 Å². The molecule has 0 saturated carbocycles. The summed E-state index contributed by atoms with van der Waals surface area (Å²) < 4.78 is 14.6. The summed E-state index contributed by atoms with van der Waals surface area (Å²) in [6.45, 7) is 2.99. The minimum atomic E-state index is -1.85. The first-order valence-corrected chi connectivity index (χ1v) is 8.62. The van der Waals surface area contributed by atoms with Crippen LogP contribution in [0.3, 0.4) is 0 Å². The van der Waals surface area contributed by atoms with Gasteiger partial charge in [-0.05, 0) is 12.1 Å². The number of nitrogens with zero attached hydrogens (tertiary/aromatic N) is 2. The molecule has 0 radical (unpaired) electrons. The van der Waals surface area contributed by atoms with E-state index in [1.165, 1.54) is 26.0 Å². The van der Waals surface area contributed by atoms with Crippen molar-refractivity contribution in [1.29, 1.82) is 0 Å². The Balaban J connectivity index is 3.59. The molecule has 1 aromatic carbocycles. The summed E-state index contributed by atoms with van der Waals surface area (Å²) in [5.41, 5.74) is -0.0998. The van der Waals surface area contributed by atoms with Crippen LogP contribution in [0.25, 0.3) is 0 Å². The summed E-state index contributed by atoms with van der Waals surface area (Å²) in [4.78, 5) is 60.2. The fraction of sp³-hybridized carbons (Fsp3) is 0.444. The van der Waals surface area contributed by atoms with Crippen molar-refractivity contribution in [1.82, 2.24) is 4.90 Å². The van der Waals surface area contributed by atoms with E-state index in [1.807, 2.05) is 0 Å². The Morgan fingerprint density at radius 3 is 1.90 bits per heavy atom. The van der Waals surface area contributed by atoms with E-state index in [9.17, 15) is 29.3 Å². The SMILES string of the molecule is CCC(=O)OC(c1ccc([N+](=O)[O-])cc1)N(C(=O)CC)C(C(=O)OC)C(=O)OC. The van der Waals surface area contributed by atoms with Crippen molar-refractivity contribution in [3.05, 3.63) is 39.9 Å². The Hall–Kier alpha value is -3.50. The lowest BCUT2D eigenvalue weighted by atomic mass is 10.1. The van der Waals surface area contributed by atoms with Crippen LogP contribution in [0.4, 0.5) is 5.69 Å². The Kier molecular flexibility index (Phi) is 8.71. The number of amides is 1. The predicted molar refractivity (Wildman–Crippen MR) is 97.2 cm³/mol. The number of hydrogen-bond donors (Lipinski definition) is 0. The molecule has 1 aromatic rings. The molecule has 1 unspecified atom stereocenters. The second-order valence-electron chi connectivity index (χ2n) is 5.65. The summed E-state index contributed by atoms with van der Waals surface area (Å²) in [5, 5.41) is 10.9. The number of ether oxygens (including phenoxy) is 3. The molecule has 0 aliphatic heterocycles. The Morgan fingerprint density at radius 2 is 1.52 bits per heavy atom. The largest absolute Gasteiger partial charge is 0.467 e. The van der Waals surface area contributed by atoms with Crippen LogP contribution >= 0.6 is 0 Å². The molecule has 0 N–H and O–H groups in total. The van der Waals surface area contributed by atoms with Crippen molar-refractivity contribution in [3.63, 3.8) is 0 Å². The molecular formula is C18H22N2O9. The zero-order valence-electron chi connectivity index (χ0n) is 16.4. The van der Waals surface area contributed by atoms with Gasteiger partial charge in [0.2, 0.25) is 18.2 Å². The Morgan fingerprint density at radius 1 is 1.00 bits per heavy atom. The molecule has 29 heavy (non-hydrogen) atoms. The molecule has 11 nitrogen and oxygen atoms in total. The highest BCUT2D eigenvalue weighted by atomic mass is 16.6. The van der Waals surface area contributed by atoms with Crippen molar-refractivity contribution < 1.29 is 38.3 Å². The average Bonchev–Trinajstić information content (AvgIpc) is 2.74. The third kappa shape index (κ3) is 5.74. The first kappa shape index (κ1) is 23.5. The van der Waals surface area contributed by atoms with E-state index in [0.29, 0.717) is 0 Å². The maximum atomic E-state index is 12.7. The molecule has 0 heterocycles. The van der Waals surface area contributed by atoms with Crippen LogP contribution in [-0.4, -0.2) is 53.9 Å². The van der Waals surface area contributed by atoms with E-state index in [4.69, 9.17) is 4.74 Å². The lowest BCUT2D eigenvalue weighted by molar-refractivity contribution is -0.384. The molecule has 0 saturated heterocycles. The highest BCUT2D eigenvalue weighted by Crippen LogP contribution is 2.28. The standard InChI is InChI=1S/C18H22N2O9/c1-5-13(21)19(15(17(23)27-3)18(24)28-4)16(29-14(22)6-2)11-7-9-12(10-8-11)20(25)26/h7-10,15-16H,5-6H2,1-4H3. The quantitative estimate of drug-likeness (QED) is 0.148. The van der Waals surface area contributed by atoms with Gasteiger partial charge < -0.3 is 14.2 Å². The monoisotopic (exact) mass is 410 g/mol. The predicted octanol–water partition coefficient (Wildman–Crippen LogP) is 1.50. The van der Waals surface area contributed by atoms with Gasteiger partial charge in [-0.15, -0.1) is 0 Å². The van der Waals surface area contributed by atoms with Gasteiger partial charge in [-0.25, -0.2) is 9.59 Å². The number of non-ortho nitro benzene ring substituents is 1. The number of carbonyl (C=O) groups excluding carboxylic acids is 4. The number of esters is 3. The van der Waals surface area contributed by atoms with Gasteiger partial charge in [-0.1, -0.05) is 13.8 Å². The number of carbonyl (C=O) groups is 4. The number of methoxy groups -OCH3 is 2. The van der Waals surface area contributed by atoms with Gasteiger partial charge in [-0.2, -0.15) is 0 Å². The van der Waals surface area contributed by atoms with Crippen LogP contribution in [0.1, 0.15) is 38.5 Å². The summed E-state index contributed by atoms with van der Waals surface area (Å²) in [5.74, 6) is -3.63. The Bertz CT molecular complexity index is 760. The van der Waals surface area contributed by atoms with E-state index in [2.05, 4.69) is 9.47 Å². The molecule has 0 spiro atoms. The number of nitro groups is 1. The van der Waals surface area contributed by atoms with E-state index in [0.717, 1.165) is 31.3 Å². The van der Waals surface area contributed by atoms with E-state index >= 15 is 0 Å².